The van der Waals surface area contributed by atoms with Crippen LogP contribution in [-0.2, 0) is 26.3 Å². The lowest BCUT2D eigenvalue weighted by Crippen LogP contribution is -2.38. The Morgan fingerprint density at radius 1 is 1.19 bits per heavy atom. The van der Waals surface area contributed by atoms with Gasteiger partial charge in [-0.1, -0.05) is 30.3 Å². The van der Waals surface area contributed by atoms with Crippen LogP contribution in [-0.4, -0.2) is 51.2 Å². The summed E-state index contributed by atoms with van der Waals surface area (Å²) in [6.07, 6.45) is 7.29. The van der Waals surface area contributed by atoms with E-state index in [4.69, 9.17) is 4.98 Å². The monoisotopic (exact) mass is 449 g/mol. The highest BCUT2D eigenvalue weighted by Crippen LogP contribution is 2.26. The van der Waals surface area contributed by atoms with Gasteiger partial charge in [0.15, 0.2) is 5.69 Å². The number of nitrogens with one attached hydrogen (secondary N) is 1. The lowest BCUT2D eigenvalue weighted by molar-refractivity contribution is 0.0716. The van der Waals surface area contributed by atoms with E-state index in [1.54, 1.807) is 11.3 Å². The molecular weight excluding hydrogens is 418 g/mol. The van der Waals surface area contributed by atoms with Crippen molar-refractivity contribution >= 4 is 17.2 Å². The number of nitrogens with zero attached hydrogens (tertiary/aromatic N) is 4. The van der Waals surface area contributed by atoms with Gasteiger partial charge in [0.2, 0.25) is 0 Å². The Hall–Kier alpha value is -2.51. The molecular formula is C25H31N5OS. The molecule has 1 N–H and O–H groups in total. The number of hydrogen-bond donors (Lipinski definition) is 1. The normalized spacial score (nSPS) is 18.5. The highest BCUT2D eigenvalue weighted by molar-refractivity contribution is 7.09. The van der Waals surface area contributed by atoms with Crippen molar-refractivity contribution in [2.24, 2.45) is 7.05 Å². The zero-order chi connectivity index (χ0) is 21.9. The van der Waals surface area contributed by atoms with Gasteiger partial charge >= 0.3 is 0 Å². The smallest absolute Gasteiger partial charge is 0.274 e. The molecule has 1 aliphatic heterocycles. The van der Waals surface area contributed by atoms with E-state index in [0.717, 1.165) is 74.4 Å². The molecule has 1 saturated heterocycles. The molecule has 1 aromatic carbocycles. The number of hydrogen-bond acceptors (Lipinski definition) is 5. The summed E-state index contributed by atoms with van der Waals surface area (Å²) in [5.74, 6) is 0.124. The Morgan fingerprint density at radius 3 is 2.81 bits per heavy atom. The first kappa shape index (κ1) is 21.3. The number of carbonyl (C=O) groups excluding carboxylic acids is 1. The first-order valence-corrected chi connectivity index (χ1v) is 12.6. The molecule has 2 aromatic heterocycles. The van der Waals surface area contributed by atoms with Gasteiger partial charge in [-0.2, -0.15) is 5.10 Å². The van der Waals surface area contributed by atoms with Gasteiger partial charge in [0.1, 0.15) is 0 Å². The maximum atomic E-state index is 13.1. The number of piperidine rings is 1. The van der Waals surface area contributed by atoms with Crippen LogP contribution in [0.15, 0.2) is 35.7 Å². The predicted molar refractivity (Wildman–Crippen MR) is 128 cm³/mol. The molecule has 1 fully saturated rings. The van der Waals surface area contributed by atoms with Crippen molar-refractivity contribution in [1.29, 1.82) is 0 Å². The third-order valence-corrected chi connectivity index (χ3v) is 7.60. The Labute approximate surface area is 193 Å². The summed E-state index contributed by atoms with van der Waals surface area (Å²) in [7, 11) is 1.98. The highest BCUT2D eigenvalue weighted by atomic mass is 32.1. The van der Waals surface area contributed by atoms with Crippen molar-refractivity contribution in [1.82, 2.24) is 25.0 Å². The minimum atomic E-state index is 0.124. The van der Waals surface area contributed by atoms with E-state index >= 15 is 0 Å². The lowest BCUT2D eigenvalue weighted by Gasteiger charge is -2.27. The van der Waals surface area contributed by atoms with Crippen molar-refractivity contribution in [2.45, 2.75) is 51.0 Å². The third kappa shape index (κ3) is 4.50. The van der Waals surface area contributed by atoms with Gasteiger partial charge in [0, 0.05) is 61.3 Å². The maximum Gasteiger partial charge on any atom is 0.274 e. The van der Waals surface area contributed by atoms with Crippen molar-refractivity contribution in [3.63, 3.8) is 0 Å². The average Bonchev–Trinajstić information content (AvgIpc) is 3.44. The van der Waals surface area contributed by atoms with Gasteiger partial charge < -0.3 is 10.2 Å². The minimum absolute atomic E-state index is 0.124. The fourth-order valence-corrected chi connectivity index (χ4v) is 5.74. The number of aryl methyl sites for hydroxylation is 1. The average molecular weight is 450 g/mol. The molecule has 32 heavy (non-hydrogen) atoms. The van der Waals surface area contributed by atoms with E-state index in [0.29, 0.717) is 11.7 Å². The Kier molecular flexibility index (Phi) is 6.37. The van der Waals surface area contributed by atoms with Gasteiger partial charge in [0.25, 0.3) is 5.91 Å². The molecule has 168 valence electrons. The van der Waals surface area contributed by atoms with Gasteiger partial charge in [0.05, 0.1) is 10.7 Å². The second-order valence-electron chi connectivity index (χ2n) is 8.89. The summed E-state index contributed by atoms with van der Waals surface area (Å²) >= 11 is 1.73. The summed E-state index contributed by atoms with van der Waals surface area (Å²) in [4.78, 5) is 19.9. The van der Waals surface area contributed by atoms with Crippen LogP contribution in [0.3, 0.4) is 0 Å². The Bertz CT molecular complexity index is 1070. The van der Waals surface area contributed by atoms with Gasteiger partial charge in [-0.15, -0.1) is 11.3 Å². The van der Waals surface area contributed by atoms with E-state index in [1.165, 1.54) is 17.7 Å². The third-order valence-electron chi connectivity index (χ3n) is 6.69. The van der Waals surface area contributed by atoms with Crippen LogP contribution in [0, 0.1) is 0 Å². The van der Waals surface area contributed by atoms with Crippen molar-refractivity contribution in [2.75, 3.05) is 19.6 Å². The molecule has 2 aliphatic rings. The first-order valence-electron chi connectivity index (χ1n) is 11.8. The molecule has 0 spiro atoms. The van der Waals surface area contributed by atoms with Crippen LogP contribution >= 0.6 is 11.3 Å². The largest absolute Gasteiger partial charge is 0.337 e. The molecule has 3 heterocycles. The molecule has 1 amide bonds. The molecule has 3 aromatic rings. The van der Waals surface area contributed by atoms with Gasteiger partial charge in [-0.25, -0.2) is 4.98 Å². The number of aromatic nitrogens is 3. The molecule has 0 radical (unpaired) electrons. The molecule has 0 saturated carbocycles. The van der Waals surface area contributed by atoms with Crippen molar-refractivity contribution < 1.29 is 4.79 Å². The molecule has 6 nitrogen and oxygen atoms in total. The fraction of sp³-hybridized carbons (Fsp3) is 0.480. The van der Waals surface area contributed by atoms with E-state index in [1.807, 2.05) is 22.7 Å². The second kappa shape index (κ2) is 9.55. The standard InChI is InChI=1S/C25H31N5OS/c1-29-22-11-10-19(16-20(22)24(28-29)25(31)30-14-6-3-7-15-30)26-13-12-23-27-21(17-32-23)18-8-4-2-5-9-18/h2,4-5,8-9,17,19,26H,3,6-7,10-16H2,1H3. The first-order chi connectivity index (χ1) is 15.7. The maximum absolute atomic E-state index is 13.1. The van der Waals surface area contributed by atoms with Crippen LogP contribution in [0.2, 0.25) is 0 Å². The number of likely N-dealkylation sites (tertiary alicyclic amines) is 1. The molecule has 1 atom stereocenters. The van der Waals surface area contributed by atoms with E-state index < -0.39 is 0 Å². The van der Waals surface area contributed by atoms with Gasteiger partial charge in [-0.05, 0) is 38.5 Å². The number of amides is 1. The van der Waals surface area contributed by atoms with Crippen molar-refractivity contribution in [3.05, 3.63) is 57.7 Å². The zero-order valence-corrected chi connectivity index (χ0v) is 19.5. The van der Waals surface area contributed by atoms with E-state index in [9.17, 15) is 4.79 Å². The van der Waals surface area contributed by atoms with Crippen molar-refractivity contribution in [3.8, 4) is 11.3 Å². The van der Waals surface area contributed by atoms with Crippen LogP contribution in [0.5, 0.6) is 0 Å². The lowest BCUT2D eigenvalue weighted by atomic mass is 9.91. The predicted octanol–water partition coefficient (Wildman–Crippen LogP) is 3.86. The summed E-state index contributed by atoms with van der Waals surface area (Å²) in [6, 6.07) is 10.7. The SMILES string of the molecule is Cn1nc(C(=O)N2CCCCC2)c2c1CCC(NCCc1nc(-c3ccccc3)cs1)C2. The van der Waals surface area contributed by atoms with Gasteiger partial charge in [-0.3, -0.25) is 9.48 Å². The van der Waals surface area contributed by atoms with Crippen LogP contribution in [0.1, 0.15) is 52.4 Å². The highest BCUT2D eigenvalue weighted by Gasteiger charge is 2.30. The van der Waals surface area contributed by atoms with E-state index in [-0.39, 0.29) is 5.91 Å². The number of fused-ring (bicyclic) bond motifs is 1. The van der Waals surface area contributed by atoms with E-state index in [2.05, 4.69) is 40.1 Å². The minimum Gasteiger partial charge on any atom is -0.337 e. The number of carbonyl (C=O) groups is 1. The molecule has 7 heteroatoms. The molecule has 1 unspecified atom stereocenters. The van der Waals surface area contributed by atoms with Crippen LogP contribution < -0.4 is 5.32 Å². The quantitative estimate of drug-likeness (QED) is 0.621. The van der Waals surface area contributed by atoms with Crippen LogP contribution in [0.25, 0.3) is 11.3 Å². The Balaban J connectivity index is 1.19. The topological polar surface area (TPSA) is 63.1 Å². The summed E-state index contributed by atoms with van der Waals surface area (Å²) in [5.41, 5.74) is 5.31. The summed E-state index contributed by atoms with van der Waals surface area (Å²) in [5, 5.41) is 11.7. The second-order valence-corrected chi connectivity index (χ2v) is 9.83. The fourth-order valence-electron chi connectivity index (χ4n) is 4.93. The summed E-state index contributed by atoms with van der Waals surface area (Å²) < 4.78 is 1.93. The number of thiazole rings is 1. The molecule has 0 bridgehead atoms. The Morgan fingerprint density at radius 2 is 2.00 bits per heavy atom. The number of benzene rings is 1. The molecule has 5 rings (SSSR count). The molecule has 1 aliphatic carbocycles. The summed E-state index contributed by atoms with van der Waals surface area (Å²) in [6.45, 7) is 2.63. The number of rotatable bonds is 6. The van der Waals surface area contributed by atoms with Crippen LogP contribution in [0.4, 0.5) is 0 Å². The zero-order valence-electron chi connectivity index (χ0n) is 18.7.